The van der Waals surface area contributed by atoms with Gasteiger partial charge in [-0.2, -0.15) is 18.3 Å². The smallest absolute Gasteiger partial charge is 0.405 e. The van der Waals surface area contributed by atoms with Crippen molar-refractivity contribution in [1.29, 1.82) is 4.78 Å². The molecule has 1 aromatic heterocycles. The molecule has 114 valence electrons. The summed E-state index contributed by atoms with van der Waals surface area (Å²) in [5.41, 5.74) is 0. The minimum absolute atomic E-state index is 0.0165. The summed E-state index contributed by atoms with van der Waals surface area (Å²) in [6.45, 7) is -0.555. The van der Waals surface area contributed by atoms with E-state index in [1.54, 1.807) is 0 Å². The molecular formula is C9H14F3N5O2S. The zero-order valence-electron chi connectivity index (χ0n) is 10.6. The Hall–Kier alpha value is -1.49. The predicted octanol–water partition coefficient (Wildman–Crippen LogP) is 0.943. The Kier molecular flexibility index (Phi) is 3.58. The van der Waals surface area contributed by atoms with Crippen LogP contribution in [0.15, 0.2) is 4.90 Å². The number of fused-ring (bicyclic) bond motifs is 1. The Labute approximate surface area is 113 Å². The number of nitrogens with two attached hydrogens (primary N) is 1. The zero-order valence-corrected chi connectivity index (χ0v) is 11.4. The van der Waals surface area contributed by atoms with E-state index in [1.807, 2.05) is 0 Å². The third kappa shape index (κ3) is 2.98. The van der Waals surface area contributed by atoms with Crippen LogP contribution in [-0.4, -0.2) is 40.4 Å². The van der Waals surface area contributed by atoms with Gasteiger partial charge in [0.15, 0.2) is 10.7 Å². The normalized spacial score (nSPS) is 18.1. The van der Waals surface area contributed by atoms with Crippen LogP contribution in [-0.2, 0) is 16.5 Å². The van der Waals surface area contributed by atoms with Crippen molar-refractivity contribution >= 4 is 15.7 Å². The van der Waals surface area contributed by atoms with E-state index in [2.05, 4.69) is 5.10 Å². The maximum Gasteiger partial charge on any atom is 0.405 e. The number of anilines is 1. The summed E-state index contributed by atoms with van der Waals surface area (Å²) in [6.07, 6.45) is -3.82. The highest BCUT2D eigenvalue weighted by atomic mass is 32.2. The highest BCUT2D eigenvalue weighted by Gasteiger charge is 2.35. The fourth-order valence-electron chi connectivity index (χ4n) is 1.95. The number of nitrogens with zero attached hydrogens (tertiary/aromatic N) is 3. The van der Waals surface area contributed by atoms with Crippen molar-refractivity contribution in [2.45, 2.75) is 24.0 Å². The first kappa shape index (κ1) is 14.9. The minimum Gasteiger partial charge on any atom is -0.477 e. The predicted molar refractivity (Wildman–Crippen MR) is 65.0 cm³/mol. The van der Waals surface area contributed by atoms with Gasteiger partial charge in [0.25, 0.3) is 0 Å². The number of hydrogen-bond acceptors (Lipinski definition) is 5. The second-order valence-corrected chi connectivity index (χ2v) is 6.06. The van der Waals surface area contributed by atoms with Gasteiger partial charge in [0.05, 0.1) is 6.61 Å². The molecule has 0 saturated heterocycles. The molecule has 7 nitrogen and oxygen atoms in total. The molecule has 1 aromatic rings. The molecule has 0 bridgehead atoms. The van der Waals surface area contributed by atoms with Crippen LogP contribution in [0.5, 0.6) is 5.88 Å². The van der Waals surface area contributed by atoms with E-state index in [1.165, 1.54) is 4.68 Å². The number of hydrogen-bond donors (Lipinski definition) is 2. The van der Waals surface area contributed by atoms with Crippen molar-refractivity contribution in [2.24, 2.45) is 5.14 Å². The zero-order chi connectivity index (χ0) is 15.1. The van der Waals surface area contributed by atoms with Crippen molar-refractivity contribution in [2.75, 3.05) is 25.1 Å². The van der Waals surface area contributed by atoms with E-state index >= 15 is 0 Å². The van der Waals surface area contributed by atoms with Gasteiger partial charge in [-0.1, -0.05) is 0 Å². The first-order chi connectivity index (χ1) is 9.09. The highest BCUT2D eigenvalue weighted by molar-refractivity contribution is 7.90. The van der Waals surface area contributed by atoms with E-state index in [9.17, 15) is 17.4 Å². The standard InChI is InChI=1S/C9H14F3N5O2S/c1-16(5-9(10,11)12)7-6(20(13,14)18)8-17(15-7)3-2-4-19-8/h2-5H2,1H3,(H3,13,14,18). The minimum atomic E-state index is -4.45. The molecule has 2 rings (SSSR count). The fraction of sp³-hybridized carbons (Fsp3) is 0.667. The summed E-state index contributed by atoms with van der Waals surface area (Å²) >= 11 is 0. The molecular weight excluding hydrogens is 299 g/mol. The molecule has 0 amide bonds. The molecule has 2 heterocycles. The van der Waals surface area contributed by atoms with Crippen molar-refractivity contribution in [3.05, 3.63) is 0 Å². The molecule has 20 heavy (non-hydrogen) atoms. The van der Waals surface area contributed by atoms with Crippen LogP contribution >= 0.6 is 0 Å². The topological polar surface area (TPSA) is 97.2 Å². The quantitative estimate of drug-likeness (QED) is 0.868. The molecule has 0 radical (unpaired) electrons. The Morgan fingerprint density at radius 1 is 1.60 bits per heavy atom. The molecule has 3 N–H and O–H groups in total. The van der Waals surface area contributed by atoms with E-state index in [0.29, 0.717) is 19.6 Å². The summed E-state index contributed by atoms with van der Waals surface area (Å²) in [7, 11) is -2.60. The van der Waals surface area contributed by atoms with Gasteiger partial charge in [0.1, 0.15) is 16.5 Å². The lowest BCUT2D eigenvalue weighted by molar-refractivity contribution is -0.119. The van der Waals surface area contributed by atoms with Crippen LogP contribution in [0.1, 0.15) is 6.42 Å². The Morgan fingerprint density at radius 2 is 2.25 bits per heavy atom. The average molecular weight is 313 g/mol. The van der Waals surface area contributed by atoms with E-state index in [-0.39, 0.29) is 16.6 Å². The van der Waals surface area contributed by atoms with Gasteiger partial charge >= 0.3 is 6.18 Å². The lowest BCUT2D eigenvalue weighted by Crippen LogP contribution is -2.32. The molecule has 11 heteroatoms. The Bertz CT molecular complexity index is 610. The van der Waals surface area contributed by atoms with Crippen LogP contribution in [0, 0.1) is 4.78 Å². The van der Waals surface area contributed by atoms with E-state index < -0.39 is 22.6 Å². The fourth-order valence-corrected chi connectivity index (χ4v) is 2.84. The number of ether oxygens (including phenoxy) is 1. The van der Waals surface area contributed by atoms with Crippen LogP contribution in [0.25, 0.3) is 0 Å². The number of aryl methyl sites for hydroxylation is 1. The number of nitrogens with one attached hydrogen (secondary N) is 1. The van der Waals surface area contributed by atoms with Gasteiger partial charge in [-0.3, -0.25) is 0 Å². The van der Waals surface area contributed by atoms with Crippen LogP contribution in [0.2, 0.25) is 0 Å². The van der Waals surface area contributed by atoms with Gasteiger partial charge < -0.3 is 9.64 Å². The van der Waals surface area contributed by atoms with E-state index in [4.69, 9.17) is 14.7 Å². The molecule has 0 saturated carbocycles. The van der Waals surface area contributed by atoms with E-state index in [0.717, 1.165) is 11.9 Å². The third-order valence-corrected chi connectivity index (χ3v) is 3.65. The molecule has 1 unspecified atom stereocenters. The first-order valence-corrected chi connectivity index (χ1v) is 7.30. The highest BCUT2D eigenvalue weighted by Crippen LogP contribution is 2.35. The third-order valence-electron chi connectivity index (χ3n) is 2.68. The van der Waals surface area contributed by atoms with Crippen LogP contribution in [0.4, 0.5) is 19.0 Å². The average Bonchev–Trinajstić information content (AvgIpc) is 2.65. The molecule has 1 aliphatic rings. The van der Waals surface area contributed by atoms with Crippen molar-refractivity contribution in [1.82, 2.24) is 9.78 Å². The molecule has 0 aromatic carbocycles. The molecule has 1 aliphatic heterocycles. The number of aromatic nitrogens is 2. The Balaban J connectivity index is 2.50. The number of alkyl halides is 3. The van der Waals surface area contributed by atoms with Gasteiger partial charge in [0.2, 0.25) is 5.88 Å². The number of rotatable bonds is 3. The van der Waals surface area contributed by atoms with Crippen molar-refractivity contribution < 1.29 is 22.1 Å². The SMILES string of the molecule is CN(CC(F)(F)F)c1nn2c(c1S(=N)(N)=O)OCCC2. The molecule has 0 aliphatic carbocycles. The largest absolute Gasteiger partial charge is 0.477 e. The summed E-state index contributed by atoms with van der Waals surface area (Å²) in [4.78, 5) is 0.481. The lowest BCUT2D eigenvalue weighted by Gasteiger charge is -2.19. The van der Waals surface area contributed by atoms with Gasteiger partial charge in [-0.05, 0) is 0 Å². The van der Waals surface area contributed by atoms with Gasteiger partial charge in [0, 0.05) is 20.0 Å². The van der Waals surface area contributed by atoms with Crippen molar-refractivity contribution in [3.8, 4) is 5.88 Å². The molecule has 1 atom stereocenters. The lowest BCUT2D eigenvalue weighted by atomic mass is 10.4. The monoisotopic (exact) mass is 313 g/mol. The number of halogens is 3. The Morgan fingerprint density at radius 3 is 2.80 bits per heavy atom. The summed E-state index contributed by atoms with van der Waals surface area (Å²) < 4.78 is 63.2. The van der Waals surface area contributed by atoms with Crippen LogP contribution in [0.3, 0.4) is 0 Å². The summed E-state index contributed by atoms with van der Waals surface area (Å²) in [5, 5.41) is 9.22. The molecule has 0 spiro atoms. The van der Waals surface area contributed by atoms with Gasteiger partial charge in [-0.15, -0.1) is 0 Å². The maximum absolute atomic E-state index is 12.4. The first-order valence-electron chi connectivity index (χ1n) is 5.67. The second kappa shape index (κ2) is 4.81. The van der Waals surface area contributed by atoms with Gasteiger partial charge in [-0.25, -0.2) is 18.8 Å². The summed E-state index contributed by atoms with van der Waals surface area (Å²) in [5.74, 6) is -0.218. The maximum atomic E-state index is 12.4. The molecule has 0 fully saturated rings. The van der Waals surface area contributed by atoms with Crippen molar-refractivity contribution in [3.63, 3.8) is 0 Å². The van der Waals surface area contributed by atoms with Crippen LogP contribution < -0.4 is 14.8 Å². The second-order valence-electron chi connectivity index (χ2n) is 4.45. The summed E-state index contributed by atoms with van der Waals surface area (Å²) in [6, 6.07) is 0.